The van der Waals surface area contributed by atoms with Gasteiger partial charge in [0.05, 0.1) is 5.69 Å². The van der Waals surface area contributed by atoms with Crippen LogP contribution in [0.15, 0.2) is 35.1 Å². The van der Waals surface area contributed by atoms with Crippen LogP contribution < -0.4 is 0 Å². The molecule has 0 unspecified atom stereocenters. The van der Waals surface area contributed by atoms with Crippen LogP contribution in [0, 0.1) is 6.92 Å². The highest BCUT2D eigenvalue weighted by molar-refractivity contribution is 9.10. The Bertz CT molecular complexity index is 465. The molecule has 0 amide bonds. The summed E-state index contributed by atoms with van der Waals surface area (Å²) in [6.07, 6.45) is 3.52. The zero-order valence-corrected chi connectivity index (χ0v) is 9.19. The van der Waals surface area contributed by atoms with Gasteiger partial charge in [-0.25, -0.2) is 4.98 Å². The fourth-order valence-corrected chi connectivity index (χ4v) is 1.68. The maximum Gasteiger partial charge on any atom is 0.140 e. The number of nitrogens with zero attached hydrogens (tertiary/aromatic N) is 2. The van der Waals surface area contributed by atoms with Gasteiger partial charge < -0.3 is 9.67 Å². The van der Waals surface area contributed by atoms with E-state index >= 15 is 0 Å². The molecule has 0 fully saturated rings. The smallest absolute Gasteiger partial charge is 0.140 e. The van der Waals surface area contributed by atoms with E-state index in [2.05, 4.69) is 20.9 Å². The van der Waals surface area contributed by atoms with Crippen molar-refractivity contribution >= 4 is 15.9 Å². The minimum absolute atomic E-state index is 0.237. The first-order valence-electron chi connectivity index (χ1n) is 4.17. The van der Waals surface area contributed by atoms with E-state index < -0.39 is 0 Å². The number of hydrogen-bond acceptors (Lipinski definition) is 2. The zero-order valence-electron chi connectivity index (χ0n) is 7.61. The lowest BCUT2D eigenvalue weighted by molar-refractivity contribution is 0.471. The van der Waals surface area contributed by atoms with Crippen molar-refractivity contribution in [3.05, 3.63) is 40.9 Å². The molecule has 0 spiro atoms. The number of halogens is 1. The Kier molecular flexibility index (Phi) is 2.29. The van der Waals surface area contributed by atoms with Crippen LogP contribution in [0.2, 0.25) is 0 Å². The number of rotatable bonds is 1. The molecule has 1 heterocycles. The number of phenols is 1. The Hall–Kier alpha value is -1.29. The summed E-state index contributed by atoms with van der Waals surface area (Å²) in [6.45, 7) is 1.89. The third-order valence-electron chi connectivity index (χ3n) is 2.02. The van der Waals surface area contributed by atoms with Crippen molar-refractivity contribution in [1.29, 1.82) is 0 Å². The number of aromatic nitrogens is 2. The Balaban J connectivity index is 2.58. The molecule has 72 valence electrons. The van der Waals surface area contributed by atoms with Gasteiger partial charge in [0.25, 0.3) is 0 Å². The van der Waals surface area contributed by atoms with E-state index in [1.54, 1.807) is 12.3 Å². The first kappa shape index (κ1) is 9.27. The molecule has 1 aromatic carbocycles. The molecule has 2 aromatic rings. The number of hydrogen-bond donors (Lipinski definition) is 1. The van der Waals surface area contributed by atoms with Crippen molar-refractivity contribution in [3.8, 4) is 11.4 Å². The first-order chi connectivity index (χ1) is 6.68. The monoisotopic (exact) mass is 252 g/mol. The van der Waals surface area contributed by atoms with Crippen LogP contribution in [-0.4, -0.2) is 14.7 Å². The third kappa shape index (κ3) is 1.53. The van der Waals surface area contributed by atoms with Crippen LogP contribution in [-0.2, 0) is 0 Å². The number of aryl methyl sites for hydroxylation is 1. The van der Waals surface area contributed by atoms with Crippen LogP contribution in [0.3, 0.4) is 0 Å². The Morgan fingerprint density at radius 1 is 1.43 bits per heavy atom. The molecule has 1 aromatic heterocycles. The first-order valence-corrected chi connectivity index (χ1v) is 4.96. The molecule has 0 atom stereocenters. The van der Waals surface area contributed by atoms with Gasteiger partial charge in [0.15, 0.2) is 0 Å². The van der Waals surface area contributed by atoms with Crippen molar-refractivity contribution in [2.75, 3.05) is 0 Å². The molecule has 0 aliphatic carbocycles. The number of aromatic hydroxyl groups is 1. The van der Waals surface area contributed by atoms with Gasteiger partial charge >= 0.3 is 0 Å². The molecule has 0 saturated carbocycles. The van der Waals surface area contributed by atoms with E-state index in [0.717, 1.165) is 16.0 Å². The maximum absolute atomic E-state index is 9.71. The second-order valence-electron chi connectivity index (χ2n) is 2.98. The van der Waals surface area contributed by atoms with Gasteiger partial charge in [-0.3, -0.25) is 0 Å². The Morgan fingerprint density at radius 3 is 2.79 bits per heavy atom. The highest BCUT2D eigenvalue weighted by atomic mass is 79.9. The van der Waals surface area contributed by atoms with Crippen LogP contribution in [0.5, 0.6) is 5.75 Å². The molecule has 0 aliphatic rings. The lowest BCUT2D eigenvalue weighted by Crippen LogP contribution is -1.95. The molecule has 0 bridgehead atoms. The average molecular weight is 253 g/mol. The van der Waals surface area contributed by atoms with Crippen LogP contribution in [0.1, 0.15) is 5.82 Å². The summed E-state index contributed by atoms with van der Waals surface area (Å²) < 4.78 is 2.69. The summed E-state index contributed by atoms with van der Waals surface area (Å²) in [6, 6.07) is 5.39. The zero-order chi connectivity index (χ0) is 10.1. The quantitative estimate of drug-likeness (QED) is 0.848. The van der Waals surface area contributed by atoms with Gasteiger partial charge in [-0.1, -0.05) is 15.9 Å². The van der Waals surface area contributed by atoms with E-state index in [9.17, 15) is 5.11 Å². The van der Waals surface area contributed by atoms with Gasteiger partial charge in [0.2, 0.25) is 0 Å². The molecule has 0 aliphatic heterocycles. The van der Waals surface area contributed by atoms with Crippen LogP contribution >= 0.6 is 15.9 Å². The summed E-state index contributed by atoms with van der Waals surface area (Å²) in [5, 5.41) is 9.71. The Morgan fingerprint density at radius 2 is 2.21 bits per heavy atom. The van der Waals surface area contributed by atoms with E-state index in [1.165, 1.54) is 0 Å². The lowest BCUT2D eigenvalue weighted by atomic mass is 10.3. The number of benzene rings is 1. The highest BCUT2D eigenvalue weighted by Crippen LogP contribution is 2.26. The second-order valence-corrected chi connectivity index (χ2v) is 3.89. The standard InChI is InChI=1S/C10H9BrN2O/c1-7-12-4-5-13(7)9-3-2-8(11)6-10(9)14/h2-6,14H,1H3. The topological polar surface area (TPSA) is 38.0 Å². The van der Waals surface area contributed by atoms with Crippen molar-refractivity contribution in [1.82, 2.24) is 9.55 Å². The molecule has 1 N–H and O–H groups in total. The Labute approximate surface area is 90.2 Å². The SMILES string of the molecule is Cc1nccn1-c1ccc(Br)cc1O. The molecular formula is C10H9BrN2O. The van der Waals surface area contributed by atoms with Gasteiger partial charge in [-0.2, -0.15) is 0 Å². The summed E-state index contributed by atoms with van der Waals surface area (Å²) in [4.78, 5) is 4.10. The molecule has 3 nitrogen and oxygen atoms in total. The summed E-state index contributed by atoms with van der Waals surface area (Å²) in [5.74, 6) is 1.09. The normalized spacial score (nSPS) is 10.4. The van der Waals surface area contributed by atoms with Crippen LogP contribution in [0.4, 0.5) is 0 Å². The minimum Gasteiger partial charge on any atom is -0.506 e. The van der Waals surface area contributed by atoms with Crippen LogP contribution in [0.25, 0.3) is 5.69 Å². The summed E-state index contributed by atoms with van der Waals surface area (Å²) in [5.41, 5.74) is 0.739. The summed E-state index contributed by atoms with van der Waals surface area (Å²) in [7, 11) is 0. The van der Waals surface area contributed by atoms with Gasteiger partial charge in [0.1, 0.15) is 11.6 Å². The minimum atomic E-state index is 0.237. The lowest BCUT2D eigenvalue weighted by Gasteiger charge is -2.07. The summed E-state index contributed by atoms with van der Waals surface area (Å²) >= 11 is 3.29. The number of phenolic OH excluding ortho intramolecular Hbond substituents is 1. The average Bonchev–Trinajstić information content (AvgIpc) is 2.52. The predicted octanol–water partition coefficient (Wildman–Crippen LogP) is 2.65. The van der Waals surface area contributed by atoms with E-state index in [0.29, 0.717) is 0 Å². The molecule has 0 radical (unpaired) electrons. The van der Waals surface area contributed by atoms with Crippen molar-refractivity contribution in [2.24, 2.45) is 0 Å². The van der Waals surface area contributed by atoms with Gasteiger partial charge in [-0.15, -0.1) is 0 Å². The molecular weight excluding hydrogens is 244 g/mol. The van der Waals surface area contributed by atoms with Crippen molar-refractivity contribution < 1.29 is 5.11 Å². The maximum atomic E-state index is 9.71. The largest absolute Gasteiger partial charge is 0.506 e. The molecule has 4 heteroatoms. The molecule has 14 heavy (non-hydrogen) atoms. The second kappa shape index (κ2) is 3.46. The van der Waals surface area contributed by atoms with Gasteiger partial charge in [0, 0.05) is 16.9 Å². The third-order valence-corrected chi connectivity index (χ3v) is 2.52. The van der Waals surface area contributed by atoms with E-state index in [1.807, 2.05) is 29.8 Å². The fraction of sp³-hybridized carbons (Fsp3) is 0.100. The molecule has 0 saturated heterocycles. The predicted molar refractivity (Wildman–Crippen MR) is 57.7 cm³/mol. The van der Waals surface area contributed by atoms with E-state index in [-0.39, 0.29) is 5.75 Å². The van der Waals surface area contributed by atoms with Crippen molar-refractivity contribution in [3.63, 3.8) is 0 Å². The van der Waals surface area contributed by atoms with E-state index in [4.69, 9.17) is 0 Å². The number of imidazole rings is 1. The van der Waals surface area contributed by atoms with Gasteiger partial charge in [-0.05, 0) is 25.1 Å². The molecule has 2 rings (SSSR count). The van der Waals surface area contributed by atoms with Crippen molar-refractivity contribution in [2.45, 2.75) is 6.92 Å². The fourth-order valence-electron chi connectivity index (χ4n) is 1.33. The highest BCUT2D eigenvalue weighted by Gasteiger charge is 2.05.